The largest absolute Gasteiger partial charge is 0.478 e. The summed E-state index contributed by atoms with van der Waals surface area (Å²) in [5.74, 6) is -0.589. The normalized spacial score (nSPS) is 10.4. The van der Waals surface area contributed by atoms with Gasteiger partial charge in [0.25, 0.3) is 5.69 Å². The summed E-state index contributed by atoms with van der Waals surface area (Å²) in [7, 11) is 0. The second kappa shape index (κ2) is 7.70. The lowest BCUT2D eigenvalue weighted by molar-refractivity contribution is -0.384. The van der Waals surface area contributed by atoms with Gasteiger partial charge in [-0.15, -0.1) is 0 Å². The van der Waals surface area contributed by atoms with Crippen molar-refractivity contribution in [2.24, 2.45) is 0 Å². The number of carbonyl (C=O) groups is 1. The van der Waals surface area contributed by atoms with Gasteiger partial charge in [0.05, 0.1) is 10.5 Å². The maximum absolute atomic E-state index is 11.7. The molecule has 6 heteroatoms. The van der Waals surface area contributed by atoms with Gasteiger partial charge >= 0.3 is 5.97 Å². The number of benzene rings is 3. The third kappa shape index (κ3) is 3.79. The monoisotopic (exact) mass is 363 g/mol. The molecule has 0 heterocycles. The number of aromatic carboxylic acids is 1. The molecule has 0 saturated carbocycles. The average Bonchev–Trinajstić information content (AvgIpc) is 2.68. The lowest BCUT2D eigenvalue weighted by atomic mass is 10.00. The first-order chi connectivity index (χ1) is 13.0. The van der Waals surface area contributed by atoms with Crippen LogP contribution in [0.4, 0.5) is 5.69 Å². The Bertz CT molecular complexity index is 999. The fourth-order valence-corrected chi connectivity index (χ4v) is 2.86. The van der Waals surface area contributed by atoms with Gasteiger partial charge in [-0.25, -0.2) is 4.79 Å². The molecule has 1 N–H and O–H groups in total. The van der Waals surface area contributed by atoms with Crippen molar-refractivity contribution in [1.82, 2.24) is 0 Å². The first-order valence-electron chi connectivity index (χ1n) is 8.38. The van der Waals surface area contributed by atoms with Crippen molar-refractivity contribution in [3.63, 3.8) is 0 Å². The summed E-state index contributed by atoms with van der Waals surface area (Å²) in [6.45, 7) is 1.97. The Hall–Kier alpha value is -3.67. The van der Waals surface area contributed by atoms with Gasteiger partial charge in [0.1, 0.15) is 17.1 Å². The molecule has 3 aromatic rings. The molecule has 0 bridgehead atoms. The zero-order chi connectivity index (χ0) is 19.4. The molecule has 0 aliphatic rings. The third-order valence-corrected chi connectivity index (χ3v) is 4.16. The highest BCUT2D eigenvalue weighted by Crippen LogP contribution is 2.42. The molecule has 3 aromatic carbocycles. The highest BCUT2D eigenvalue weighted by molar-refractivity contribution is 5.93. The summed E-state index contributed by atoms with van der Waals surface area (Å²) in [6.07, 6.45) is 0.706. The molecule has 136 valence electrons. The van der Waals surface area contributed by atoms with Crippen LogP contribution in [0.2, 0.25) is 0 Å². The number of hydrogen-bond acceptors (Lipinski definition) is 4. The van der Waals surface area contributed by atoms with Crippen LogP contribution in [0.5, 0.6) is 11.5 Å². The van der Waals surface area contributed by atoms with Crippen molar-refractivity contribution in [2.45, 2.75) is 13.3 Å². The van der Waals surface area contributed by atoms with Crippen LogP contribution in [0, 0.1) is 10.1 Å². The van der Waals surface area contributed by atoms with Gasteiger partial charge in [0.15, 0.2) is 0 Å². The number of nitro benzene ring substituents is 1. The molecule has 0 aliphatic carbocycles. The van der Waals surface area contributed by atoms with Crippen LogP contribution < -0.4 is 4.74 Å². The molecule has 27 heavy (non-hydrogen) atoms. The summed E-state index contributed by atoms with van der Waals surface area (Å²) < 4.78 is 6.00. The molecule has 0 unspecified atom stereocenters. The van der Waals surface area contributed by atoms with Crippen molar-refractivity contribution in [1.29, 1.82) is 0 Å². The number of aryl methyl sites for hydroxylation is 1. The van der Waals surface area contributed by atoms with Gasteiger partial charge in [-0.3, -0.25) is 10.1 Å². The van der Waals surface area contributed by atoms with Gasteiger partial charge < -0.3 is 9.84 Å². The molecule has 0 fully saturated rings. The van der Waals surface area contributed by atoms with Crippen LogP contribution in [0.15, 0.2) is 66.7 Å². The van der Waals surface area contributed by atoms with Crippen LogP contribution in [-0.4, -0.2) is 16.0 Å². The van der Waals surface area contributed by atoms with E-state index in [0.717, 1.165) is 11.6 Å². The quantitative estimate of drug-likeness (QED) is 0.473. The molecule has 0 radical (unpaired) electrons. The first-order valence-corrected chi connectivity index (χ1v) is 8.38. The minimum absolute atomic E-state index is 0.133. The van der Waals surface area contributed by atoms with Crippen molar-refractivity contribution in [3.8, 4) is 22.6 Å². The predicted octanol–water partition coefficient (Wildman–Crippen LogP) is 5.31. The van der Waals surface area contributed by atoms with E-state index in [4.69, 9.17) is 4.74 Å². The van der Waals surface area contributed by atoms with Gasteiger partial charge in [-0.05, 0) is 29.7 Å². The second-order valence-electron chi connectivity index (χ2n) is 5.86. The van der Waals surface area contributed by atoms with E-state index >= 15 is 0 Å². The predicted molar refractivity (Wildman–Crippen MR) is 101 cm³/mol. The number of ether oxygens (including phenoxy) is 1. The van der Waals surface area contributed by atoms with Crippen LogP contribution in [0.3, 0.4) is 0 Å². The molecular formula is C21H17NO5. The number of rotatable bonds is 6. The molecule has 0 saturated heterocycles. The van der Waals surface area contributed by atoms with Crippen molar-refractivity contribution in [2.75, 3.05) is 0 Å². The van der Waals surface area contributed by atoms with E-state index in [1.54, 1.807) is 42.5 Å². The van der Waals surface area contributed by atoms with Crippen LogP contribution >= 0.6 is 0 Å². The van der Waals surface area contributed by atoms with E-state index in [1.165, 1.54) is 6.07 Å². The number of nitro groups is 1. The average molecular weight is 363 g/mol. The van der Waals surface area contributed by atoms with Crippen molar-refractivity contribution >= 4 is 11.7 Å². The molecular weight excluding hydrogens is 346 g/mol. The van der Waals surface area contributed by atoms with Crippen LogP contribution in [-0.2, 0) is 6.42 Å². The van der Waals surface area contributed by atoms with E-state index < -0.39 is 10.9 Å². The SMILES string of the molecule is CCc1ccccc1Oc1cc(C(=O)O)cc([N+](=O)[O-])c1-c1ccccc1. The number of hydrogen-bond donors (Lipinski definition) is 1. The molecule has 3 rings (SSSR count). The fourth-order valence-electron chi connectivity index (χ4n) is 2.86. The van der Waals surface area contributed by atoms with E-state index in [1.807, 2.05) is 19.1 Å². The number of carboxylic acid groups (broad SMARTS) is 1. The Morgan fingerprint density at radius 1 is 1.04 bits per heavy atom. The molecule has 0 spiro atoms. The number of para-hydroxylation sites is 1. The highest BCUT2D eigenvalue weighted by Gasteiger charge is 2.25. The minimum atomic E-state index is -1.26. The zero-order valence-corrected chi connectivity index (χ0v) is 14.6. The van der Waals surface area contributed by atoms with Crippen molar-refractivity contribution in [3.05, 3.63) is 88.0 Å². The molecule has 0 atom stereocenters. The van der Waals surface area contributed by atoms with Crippen LogP contribution in [0.25, 0.3) is 11.1 Å². The first kappa shape index (κ1) is 18.1. The number of carboxylic acids is 1. The highest BCUT2D eigenvalue weighted by atomic mass is 16.6. The smallest absolute Gasteiger partial charge is 0.336 e. The molecule has 6 nitrogen and oxygen atoms in total. The molecule has 0 amide bonds. The van der Waals surface area contributed by atoms with Gasteiger partial charge in [-0.1, -0.05) is 55.5 Å². The summed E-state index contributed by atoms with van der Waals surface area (Å²) in [5, 5.41) is 21.0. The topological polar surface area (TPSA) is 89.7 Å². The summed E-state index contributed by atoms with van der Waals surface area (Å²) >= 11 is 0. The summed E-state index contributed by atoms with van der Waals surface area (Å²) in [6, 6.07) is 18.5. The molecule has 0 aliphatic heterocycles. The van der Waals surface area contributed by atoms with Gasteiger partial charge in [0.2, 0.25) is 0 Å². The Kier molecular flexibility index (Phi) is 5.17. The lowest BCUT2D eigenvalue weighted by Crippen LogP contribution is -2.03. The van der Waals surface area contributed by atoms with Crippen molar-refractivity contribution < 1.29 is 19.6 Å². The van der Waals surface area contributed by atoms with Gasteiger partial charge in [0, 0.05) is 6.07 Å². The maximum Gasteiger partial charge on any atom is 0.336 e. The minimum Gasteiger partial charge on any atom is -0.478 e. The zero-order valence-electron chi connectivity index (χ0n) is 14.6. The molecule has 0 aromatic heterocycles. The van der Waals surface area contributed by atoms with E-state index in [-0.39, 0.29) is 22.6 Å². The number of nitrogens with zero attached hydrogens (tertiary/aromatic N) is 1. The maximum atomic E-state index is 11.7. The van der Waals surface area contributed by atoms with E-state index in [2.05, 4.69) is 0 Å². The Morgan fingerprint density at radius 2 is 1.70 bits per heavy atom. The lowest BCUT2D eigenvalue weighted by Gasteiger charge is -2.15. The second-order valence-corrected chi connectivity index (χ2v) is 5.86. The summed E-state index contributed by atoms with van der Waals surface area (Å²) in [5.41, 5.74) is 1.22. The van der Waals surface area contributed by atoms with E-state index in [0.29, 0.717) is 17.7 Å². The standard InChI is InChI=1S/C21H17NO5/c1-2-14-8-6-7-11-18(14)27-19-13-16(21(23)24)12-17(22(25)26)20(19)15-9-4-3-5-10-15/h3-13H,2H2,1H3,(H,23,24). The van der Waals surface area contributed by atoms with E-state index in [9.17, 15) is 20.0 Å². The fraction of sp³-hybridized carbons (Fsp3) is 0.0952. The third-order valence-electron chi connectivity index (χ3n) is 4.16. The summed E-state index contributed by atoms with van der Waals surface area (Å²) in [4.78, 5) is 22.5. The van der Waals surface area contributed by atoms with Crippen LogP contribution in [0.1, 0.15) is 22.8 Å². The Morgan fingerprint density at radius 3 is 2.33 bits per heavy atom. The Labute approximate surface area is 155 Å². The Balaban J connectivity index is 2.26. The van der Waals surface area contributed by atoms with Gasteiger partial charge in [-0.2, -0.15) is 0 Å².